The number of carbonyl (C=O) groups is 1. The molecule has 0 fully saturated rings. The van der Waals surface area contributed by atoms with Crippen LogP contribution in [0.2, 0.25) is 0 Å². The Labute approximate surface area is 133 Å². The van der Waals surface area contributed by atoms with Crippen LogP contribution in [0, 0.1) is 0 Å². The van der Waals surface area contributed by atoms with E-state index >= 15 is 0 Å². The summed E-state index contributed by atoms with van der Waals surface area (Å²) >= 11 is 7.67. The molecule has 0 aliphatic rings. The second-order valence-corrected chi connectivity index (χ2v) is 6.23. The lowest BCUT2D eigenvalue weighted by molar-refractivity contribution is 0.102. The SMILES string of the molecule is CC(C)c1ccccc1NC(=O)c1cc(S)ccc1Br. The number of nitrogens with one attached hydrogen (secondary N) is 1. The number of benzene rings is 2. The topological polar surface area (TPSA) is 29.1 Å². The van der Waals surface area contributed by atoms with Gasteiger partial charge in [0.05, 0.1) is 5.56 Å². The molecule has 0 aliphatic carbocycles. The van der Waals surface area contributed by atoms with Gasteiger partial charge in [-0.2, -0.15) is 0 Å². The predicted molar refractivity (Wildman–Crippen MR) is 89.9 cm³/mol. The second kappa shape index (κ2) is 6.46. The van der Waals surface area contributed by atoms with E-state index in [9.17, 15) is 4.79 Å². The molecule has 0 spiro atoms. The molecule has 0 aliphatic heterocycles. The molecule has 0 bridgehead atoms. The molecule has 0 saturated heterocycles. The van der Waals surface area contributed by atoms with Gasteiger partial charge in [0.25, 0.3) is 5.91 Å². The average molecular weight is 350 g/mol. The van der Waals surface area contributed by atoms with Crippen LogP contribution >= 0.6 is 28.6 Å². The highest BCUT2D eigenvalue weighted by Crippen LogP contribution is 2.26. The standard InChI is InChI=1S/C16H16BrNOS/c1-10(2)12-5-3-4-6-15(12)18-16(19)13-9-11(20)7-8-14(13)17/h3-10,20H,1-2H3,(H,18,19). The van der Waals surface area contributed by atoms with E-state index in [2.05, 4.69) is 47.7 Å². The van der Waals surface area contributed by atoms with Gasteiger partial charge in [0.2, 0.25) is 0 Å². The maximum atomic E-state index is 12.4. The Bertz CT molecular complexity index is 640. The summed E-state index contributed by atoms with van der Waals surface area (Å²) in [5.41, 5.74) is 2.55. The van der Waals surface area contributed by atoms with Crippen molar-refractivity contribution in [2.45, 2.75) is 24.7 Å². The van der Waals surface area contributed by atoms with E-state index in [0.717, 1.165) is 20.6 Å². The van der Waals surface area contributed by atoms with Crippen LogP contribution in [0.1, 0.15) is 35.7 Å². The molecule has 2 nitrogen and oxygen atoms in total. The van der Waals surface area contributed by atoms with Crippen LogP contribution < -0.4 is 5.32 Å². The van der Waals surface area contributed by atoms with E-state index in [0.29, 0.717) is 11.5 Å². The number of rotatable bonds is 3. The Balaban J connectivity index is 2.31. The third-order valence-corrected chi connectivity index (χ3v) is 4.00. The number of hydrogen-bond donors (Lipinski definition) is 2. The maximum Gasteiger partial charge on any atom is 0.256 e. The third kappa shape index (κ3) is 3.44. The van der Waals surface area contributed by atoms with Crippen molar-refractivity contribution in [3.8, 4) is 0 Å². The number of anilines is 1. The highest BCUT2D eigenvalue weighted by atomic mass is 79.9. The van der Waals surface area contributed by atoms with Crippen molar-refractivity contribution in [2.75, 3.05) is 5.32 Å². The molecule has 2 aromatic rings. The van der Waals surface area contributed by atoms with Gasteiger partial charge in [-0.1, -0.05) is 32.0 Å². The molecular formula is C16H16BrNOS. The Hall–Kier alpha value is -1.26. The first-order valence-corrected chi connectivity index (χ1v) is 7.62. The van der Waals surface area contributed by atoms with Gasteiger partial charge in [-0.3, -0.25) is 4.79 Å². The van der Waals surface area contributed by atoms with E-state index in [1.165, 1.54) is 0 Å². The molecule has 2 aromatic carbocycles. The smallest absolute Gasteiger partial charge is 0.256 e. The monoisotopic (exact) mass is 349 g/mol. The van der Waals surface area contributed by atoms with Gasteiger partial charge in [-0.15, -0.1) is 12.6 Å². The molecule has 20 heavy (non-hydrogen) atoms. The van der Waals surface area contributed by atoms with Crippen molar-refractivity contribution in [1.29, 1.82) is 0 Å². The van der Waals surface area contributed by atoms with Gasteiger partial charge in [0.15, 0.2) is 0 Å². The van der Waals surface area contributed by atoms with Crippen molar-refractivity contribution in [2.24, 2.45) is 0 Å². The summed E-state index contributed by atoms with van der Waals surface area (Å²) in [7, 11) is 0. The van der Waals surface area contributed by atoms with Crippen LogP contribution in [0.3, 0.4) is 0 Å². The molecule has 0 radical (unpaired) electrons. The fourth-order valence-corrected chi connectivity index (χ4v) is 2.62. The number of hydrogen-bond acceptors (Lipinski definition) is 2. The second-order valence-electron chi connectivity index (χ2n) is 4.86. The molecule has 2 rings (SSSR count). The van der Waals surface area contributed by atoms with E-state index in [1.807, 2.05) is 36.4 Å². The fourth-order valence-electron chi connectivity index (χ4n) is 1.99. The zero-order valence-corrected chi connectivity index (χ0v) is 13.8. The minimum atomic E-state index is -0.138. The van der Waals surface area contributed by atoms with Gasteiger partial charge < -0.3 is 5.32 Å². The van der Waals surface area contributed by atoms with Crippen molar-refractivity contribution in [3.63, 3.8) is 0 Å². The molecule has 0 heterocycles. The molecule has 0 unspecified atom stereocenters. The van der Waals surface area contributed by atoms with Gasteiger partial charge in [-0.05, 0) is 51.7 Å². The van der Waals surface area contributed by atoms with Gasteiger partial charge in [0.1, 0.15) is 0 Å². The summed E-state index contributed by atoms with van der Waals surface area (Å²) in [5.74, 6) is 0.215. The van der Waals surface area contributed by atoms with E-state index in [1.54, 1.807) is 6.07 Å². The van der Waals surface area contributed by atoms with Crippen molar-refractivity contribution in [3.05, 3.63) is 58.1 Å². The average Bonchev–Trinajstić information content (AvgIpc) is 2.41. The third-order valence-electron chi connectivity index (χ3n) is 3.03. The number of amides is 1. The van der Waals surface area contributed by atoms with Crippen molar-refractivity contribution >= 4 is 40.2 Å². The van der Waals surface area contributed by atoms with Crippen LogP contribution in [0.5, 0.6) is 0 Å². The molecule has 1 N–H and O–H groups in total. The Morgan fingerprint density at radius 1 is 1.20 bits per heavy atom. The molecule has 4 heteroatoms. The lowest BCUT2D eigenvalue weighted by Gasteiger charge is -2.14. The van der Waals surface area contributed by atoms with E-state index in [4.69, 9.17) is 0 Å². The first-order valence-electron chi connectivity index (χ1n) is 6.38. The first kappa shape index (κ1) is 15.1. The highest BCUT2D eigenvalue weighted by molar-refractivity contribution is 9.10. The molecule has 104 valence electrons. The largest absolute Gasteiger partial charge is 0.322 e. The number of halogens is 1. The first-order chi connectivity index (χ1) is 9.49. The van der Waals surface area contributed by atoms with Crippen LogP contribution in [-0.2, 0) is 0 Å². The number of thiol groups is 1. The van der Waals surface area contributed by atoms with Gasteiger partial charge in [0, 0.05) is 15.1 Å². The lowest BCUT2D eigenvalue weighted by atomic mass is 10.0. The Morgan fingerprint density at radius 3 is 2.60 bits per heavy atom. The summed E-state index contributed by atoms with van der Waals surface area (Å²) in [4.78, 5) is 13.1. The van der Waals surface area contributed by atoms with Crippen LogP contribution in [0.4, 0.5) is 5.69 Å². The minimum Gasteiger partial charge on any atom is -0.322 e. The van der Waals surface area contributed by atoms with E-state index in [-0.39, 0.29) is 5.91 Å². The maximum absolute atomic E-state index is 12.4. The summed E-state index contributed by atoms with van der Waals surface area (Å²) in [6, 6.07) is 13.3. The number of para-hydroxylation sites is 1. The fraction of sp³-hybridized carbons (Fsp3) is 0.188. The summed E-state index contributed by atoms with van der Waals surface area (Å²) in [6.45, 7) is 4.21. The van der Waals surface area contributed by atoms with Crippen molar-refractivity contribution in [1.82, 2.24) is 0 Å². The Kier molecular flexibility index (Phi) is 4.89. The lowest BCUT2D eigenvalue weighted by Crippen LogP contribution is -2.14. The summed E-state index contributed by atoms with van der Waals surface area (Å²) in [6.07, 6.45) is 0. The molecule has 1 amide bonds. The van der Waals surface area contributed by atoms with Crippen LogP contribution in [0.25, 0.3) is 0 Å². The number of carbonyl (C=O) groups excluding carboxylic acids is 1. The van der Waals surface area contributed by atoms with E-state index < -0.39 is 0 Å². The molecule has 0 saturated carbocycles. The molecule has 0 atom stereocenters. The van der Waals surface area contributed by atoms with Crippen molar-refractivity contribution < 1.29 is 4.79 Å². The minimum absolute atomic E-state index is 0.138. The summed E-state index contributed by atoms with van der Waals surface area (Å²) in [5, 5.41) is 2.97. The van der Waals surface area contributed by atoms with Crippen LogP contribution in [-0.4, -0.2) is 5.91 Å². The van der Waals surface area contributed by atoms with Gasteiger partial charge in [-0.25, -0.2) is 0 Å². The molecular weight excluding hydrogens is 334 g/mol. The quantitative estimate of drug-likeness (QED) is 0.740. The van der Waals surface area contributed by atoms with Crippen LogP contribution in [0.15, 0.2) is 51.8 Å². The Morgan fingerprint density at radius 2 is 1.90 bits per heavy atom. The zero-order valence-electron chi connectivity index (χ0n) is 11.4. The summed E-state index contributed by atoms with van der Waals surface area (Å²) < 4.78 is 0.759. The van der Waals surface area contributed by atoms with Gasteiger partial charge >= 0.3 is 0 Å². The molecule has 0 aromatic heterocycles. The zero-order chi connectivity index (χ0) is 14.7. The normalized spacial score (nSPS) is 10.7. The predicted octanol–water partition coefficient (Wildman–Crippen LogP) is 5.11. The highest BCUT2D eigenvalue weighted by Gasteiger charge is 2.13.